The Morgan fingerprint density at radius 2 is 1.47 bits per heavy atom. The molecule has 0 aliphatic carbocycles. The van der Waals surface area contributed by atoms with E-state index in [9.17, 15) is 26.3 Å². The Hall–Kier alpha value is -1.89. The van der Waals surface area contributed by atoms with Crippen molar-refractivity contribution in [1.82, 2.24) is 0 Å². The second kappa shape index (κ2) is 4.17. The van der Waals surface area contributed by atoms with Crippen LogP contribution in [-0.2, 0) is 12.4 Å². The van der Waals surface area contributed by atoms with E-state index in [-0.39, 0.29) is 12.1 Å². The minimum absolute atomic E-state index is 0.155. The van der Waals surface area contributed by atoms with Gasteiger partial charge >= 0.3 is 12.4 Å². The van der Waals surface area contributed by atoms with Gasteiger partial charge in [0.15, 0.2) is 0 Å². The molecule has 0 aliphatic heterocycles. The average Bonchev–Trinajstić information content (AvgIpc) is 2.15. The number of rotatable bonds is 1. The summed E-state index contributed by atoms with van der Waals surface area (Å²) in [5.74, 6) is 0. The highest BCUT2D eigenvalue weighted by Crippen LogP contribution is 2.41. The fourth-order valence-corrected chi connectivity index (χ4v) is 1.13. The van der Waals surface area contributed by atoms with Crippen LogP contribution in [0.2, 0.25) is 0 Å². The number of alkyl halides is 6. The first-order chi connectivity index (χ1) is 7.66. The zero-order valence-corrected chi connectivity index (χ0v) is 7.84. The van der Waals surface area contributed by atoms with Crippen molar-refractivity contribution in [3.63, 3.8) is 0 Å². The lowest BCUT2D eigenvalue weighted by molar-refractivity contribution is -0.162. The Labute approximate surface area is 90.3 Å². The van der Waals surface area contributed by atoms with Crippen molar-refractivity contribution in [1.29, 1.82) is 0 Å². The van der Waals surface area contributed by atoms with Crippen LogP contribution in [0.3, 0.4) is 0 Å². The average molecular weight is 255 g/mol. The van der Waals surface area contributed by atoms with Gasteiger partial charge in [0.1, 0.15) is 0 Å². The van der Waals surface area contributed by atoms with Crippen molar-refractivity contribution >= 4 is 5.69 Å². The Balaban J connectivity index is 3.48. The fourth-order valence-electron chi connectivity index (χ4n) is 1.13. The van der Waals surface area contributed by atoms with Crippen LogP contribution in [0.4, 0.5) is 32.0 Å². The van der Waals surface area contributed by atoms with E-state index in [0.29, 0.717) is 6.07 Å². The molecule has 1 rings (SSSR count). The molecule has 0 spiro atoms. The second-order valence-electron chi connectivity index (χ2n) is 2.91. The van der Waals surface area contributed by atoms with E-state index >= 15 is 0 Å². The van der Waals surface area contributed by atoms with Crippen molar-refractivity contribution in [2.45, 2.75) is 12.4 Å². The molecule has 3 nitrogen and oxygen atoms in total. The summed E-state index contributed by atoms with van der Waals surface area (Å²) in [6.45, 7) is 0. The van der Waals surface area contributed by atoms with Crippen molar-refractivity contribution < 1.29 is 26.3 Å². The Morgan fingerprint density at radius 1 is 0.941 bits per heavy atom. The fraction of sp³-hybridized carbons (Fsp3) is 0.250. The van der Waals surface area contributed by atoms with Gasteiger partial charge in [-0.15, -0.1) is 0 Å². The third-order valence-corrected chi connectivity index (χ3v) is 1.77. The minimum Gasteiger partial charge on any atom is -0.166 e. The number of benzene rings is 1. The number of nitrogens with zero attached hydrogens (tertiary/aromatic N) is 3. The van der Waals surface area contributed by atoms with E-state index in [4.69, 9.17) is 5.53 Å². The Bertz CT molecular complexity index is 469. The topological polar surface area (TPSA) is 48.8 Å². The zero-order valence-electron chi connectivity index (χ0n) is 7.84. The smallest absolute Gasteiger partial charge is 0.166 e. The predicted molar refractivity (Wildman–Crippen MR) is 45.3 cm³/mol. The monoisotopic (exact) mass is 255 g/mol. The van der Waals surface area contributed by atoms with Gasteiger partial charge in [0, 0.05) is 10.6 Å². The molecule has 0 saturated carbocycles. The first-order valence-electron chi connectivity index (χ1n) is 4.00. The summed E-state index contributed by atoms with van der Waals surface area (Å²) in [5.41, 5.74) is 3.77. The molecule has 92 valence electrons. The quantitative estimate of drug-likeness (QED) is 0.303. The summed E-state index contributed by atoms with van der Waals surface area (Å²) < 4.78 is 74.0. The molecule has 0 fully saturated rings. The van der Waals surface area contributed by atoms with Crippen LogP contribution in [-0.4, -0.2) is 0 Å². The molecular formula is C8H3F6N3. The van der Waals surface area contributed by atoms with Crippen LogP contribution in [0.15, 0.2) is 23.3 Å². The van der Waals surface area contributed by atoms with E-state index in [1.165, 1.54) is 0 Å². The summed E-state index contributed by atoms with van der Waals surface area (Å²) in [5, 5.41) is 2.82. The minimum atomic E-state index is -5.17. The molecule has 9 heteroatoms. The molecule has 0 aliphatic rings. The van der Waals surface area contributed by atoms with E-state index < -0.39 is 29.2 Å². The number of hydrogen-bond donors (Lipinski definition) is 0. The SMILES string of the molecule is [N-]=[N+]=Nc1ccc(C(F)(F)F)c(C(F)(F)F)c1. The molecule has 17 heavy (non-hydrogen) atoms. The molecule has 0 saturated heterocycles. The highest BCUT2D eigenvalue weighted by atomic mass is 19.4. The molecule has 0 unspecified atom stereocenters. The van der Waals surface area contributed by atoms with Crippen LogP contribution in [0.5, 0.6) is 0 Å². The lowest BCUT2D eigenvalue weighted by atomic mass is 10.1. The van der Waals surface area contributed by atoms with Gasteiger partial charge in [-0.05, 0) is 17.7 Å². The number of azide groups is 1. The Morgan fingerprint density at radius 3 is 1.88 bits per heavy atom. The molecule has 1 aromatic rings. The second-order valence-corrected chi connectivity index (χ2v) is 2.91. The molecule has 0 N–H and O–H groups in total. The number of halogens is 6. The normalized spacial score (nSPS) is 12.1. The van der Waals surface area contributed by atoms with Gasteiger partial charge in [-0.3, -0.25) is 0 Å². The Kier molecular flexibility index (Phi) is 3.23. The van der Waals surface area contributed by atoms with Gasteiger partial charge in [-0.2, -0.15) is 26.3 Å². The highest BCUT2D eigenvalue weighted by Gasteiger charge is 2.42. The van der Waals surface area contributed by atoms with Crippen molar-refractivity contribution in [3.05, 3.63) is 39.8 Å². The highest BCUT2D eigenvalue weighted by molar-refractivity contribution is 5.46. The van der Waals surface area contributed by atoms with Crippen LogP contribution < -0.4 is 0 Å². The lowest BCUT2D eigenvalue weighted by Gasteiger charge is -2.15. The van der Waals surface area contributed by atoms with Crippen LogP contribution >= 0.6 is 0 Å². The third kappa shape index (κ3) is 3.04. The molecule has 0 atom stereocenters. The summed E-state index contributed by atoms with van der Waals surface area (Å²) in [6, 6.07) is 1.05. The summed E-state index contributed by atoms with van der Waals surface area (Å²) in [4.78, 5) is 2.20. The molecule has 0 amide bonds. The first kappa shape index (κ1) is 13.2. The molecule has 0 heterocycles. The third-order valence-electron chi connectivity index (χ3n) is 1.77. The van der Waals surface area contributed by atoms with Crippen molar-refractivity contribution in [2.75, 3.05) is 0 Å². The molecule has 0 radical (unpaired) electrons. The van der Waals surface area contributed by atoms with Crippen molar-refractivity contribution in [3.8, 4) is 0 Å². The zero-order chi connectivity index (χ0) is 13.3. The standard InChI is InChI=1S/C8H3F6N3/c9-7(10,11)5-2-1-4(16-17-15)3-6(5)8(12,13)14/h1-3H. The first-order valence-corrected chi connectivity index (χ1v) is 4.00. The number of hydrogen-bond acceptors (Lipinski definition) is 1. The van der Waals surface area contributed by atoms with Gasteiger partial charge in [0.2, 0.25) is 0 Å². The maximum Gasteiger partial charge on any atom is 0.417 e. The summed E-state index contributed by atoms with van der Waals surface area (Å²) >= 11 is 0. The van der Waals surface area contributed by atoms with Crippen LogP contribution in [0.1, 0.15) is 11.1 Å². The van der Waals surface area contributed by atoms with E-state index in [1.54, 1.807) is 0 Å². The van der Waals surface area contributed by atoms with E-state index in [1.807, 2.05) is 0 Å². The van der Waals surface area contributed by atoms with Gasteiger partial charge < -0.3 is 0 Å². The van der Waals surface area contributed by atoms with E-state index in [0.717, 1.165) is 0 Å². The van der Waals surface area contributed by atoms with Crippen LogP contribution in [0, 0.1) is 0 Å². The van der Waals surface area contributed by atoms with Gasteiger partial charge in [-0.25, -0.2) is 0 Å². The molecule has 0 aromatic heterocycles. The summed E-state index contributed by atoms with van der Waals surface area (Å²) in [6.07, 6.45) is -10.3. The maximum absolute atomic E-state index is 12.4. The lowest BCUT2D eigenvalue weighted by Crippen LogP contribution is -2.16. The summed E-state index contributed by atoms with van der Waals surface area (Å²) in [7, 11) is 0. The molecular weight excluding hydrogens is 252 g/mol. The maximum atomic E-state index is 12.4. The largest absolute Gasteiger partial charge is 0.417 e. The van der Waals surface area contributed by atoms with E-state index in [2.05, 4.69) is 10.0 Å². The molecule has 0 bridgehead atoms. The van der Waals surface area contributed by atoms with Crippen molar-refractivity contribution in [2.24, 2.45) is 5.11 Å². The molecule has 1 aromatic carbocycles. The van der Waals surface area contributed by atoms with Crippen LogP contribution in [0.25, 0.3) is 10.4 Å². The van der Waals surface area contributed by atoms with Gasteiger partial charge in [-0.1, -0.05) is 11.2 Å². The van der Waals surface area contributed by atoms with Gasteiger partial charge in [0.05, 0.1) is 11.1 Å². The predicted octanol–water partition coefficient (Wildman–Crippen LogP) is 4.67. The van der Waals surface area contributed by atoms with Gasteiger partial charge in [0.25, 0.3) is 0 Å².